The van der Waals surface area contributed by atoms with E-state index in [-0.39, 0.29) is 0 Å². The molecule has 3 heteroatoms. The van der Waals surface area contributed by atoms with E-state index in [1.54, 1.807) is 0 Å². The fraction of sp³-hybridized carbons (Fsp3) is 1.00. The second-order valence-electron chi connectivity index (χ2n) is 7.65. The maximum Gasteiger partial charge on any atom is 0.0224 e. The molecule has 3 nitrogen and oxygen atoms in total. The monoisotopic (exact) mass is 295 g/mol. The van der Waals surface area contributed by atoms with Gasteiger partial charge in [0.1, 0.15) is 0 Å². The fourth-order valence-electron chi connectivity index (χ4n) is 3.87. The molecule has 0 amide bonds. The van der Waals surface area contributed by atoms with Crippen molar-refractivity contribution in [2.24, 2.45) is 5.92 Å². The zero-order valence-corrected chi connectivity index (χ0v) is 14.6. The van der Waals surface area contributed by atoms with Crippen molar-refractivity contribution in [2.75, 3.05) is 39.3 Å². The zero-order valence-electron chi connectivity index (χ0n) is 14.6. The van der Waals surface area contributed by atoms with Crippen LogP contribution in [-0.4, -0.2) is 61.2 Å². The molecule has 0 aromatic rings. The van der Waals surface area contributed by atoms with Crippen molar-refractivity contribution in [3.63, 3.8) is 0 Å². The Morgan fingerprint density at radius 3 is 2.71 bits per heavy atom. The highest BCUT2D eigenvalue weighted by Gasteiger charge is 2.33. The van der Waals surface area contributed by atoms with Gasteiger partial charge in [-0.15, -0.1) is 0 Å². The van der Waals surface area contributed by atoms with Crippen LogP contribution >= 0.6 is 0 Å². The van der Waals surface area contributed by atoms with Gasteiger partial charge >= 0.3 is 0 Å². The van der Waals surface area contributed by atoms with Crippen LogP contribution in [-0.2, 0) is 0 Å². The van der Waals surface area contributed by atoms with E-state index in [2.05, 4.69) is 35.9 Å². The summed E-state index contributed by atoms with van der Waals surface area (Å²) >= 11 is 0. The van der Waals surface area contributed by atoms with Crippen molar-refractivity contribution in [3.8, 4) is 0 Å². The lowest BCUT2D eigenvalue weighted by Gasteiger charge is -2.42. The Kier molecular flexibility index (Phi) is 7.48. The van der Waals surface area contributed by atoms with Crippen LogP contribution in [0.4, 0.5) is 0 Å². The molecule has 0 radical (unpaired) electrons. The second kappa shape index (κ2) is 9.12. The summed E-state index contributed by atoms with van der Waals surface area (Å²) in [5, 5.41) is 3.54. The van der Waals surface area contributed by atoms with Gasteiger partial charge in [-0.1, -0.05) is 26.7 Å². The van der Waals surface area contributed by atoms with Crippen LogP contribution in [0.25, 0.3) is 0 Å². The van der Waals surface area contributed by atoms with Crippen LogP contribution in [0.5, 0.6) is 0 Å². The molecule has 0 aromatic heterocycles. The third kappa shape index (κ3) is 5.88. The van der Waals surface area contributed by atoms with E-state index in [1.807, 2.05) is 0 Å². The minimum atomic E-state index is 0.770. The zero-order chi connectivity index (χ0) is 15.1. The van der Waals surface area contributed by atoms with E-state index in [9.17, 15) is 0 Å². The largest absolute Gasteiger partial charge is 0.316 e. The van der Waals surface area contributed by atoms with Crippen molar-refractivity contribution < 1.29 is 0 Å². The third-order valence-corrected chi connectivity index (χ3v) is 5.17. The third-order valence-electron chi connectivity index (χ3n) is 5.17. The van der Waals surface area contributed by atoms with E-state index in [4.69, 9.17) is 0 Å². The van der Waals surface area contributed by atoms with Crippen LogP contribution in [0.2, 0.25) is 0 Å². The van der Waals surface area contributed by atoms with E-state index in [0.29, 0.717) is 0 Å². The normalized spacial score (nSPS) is 27.4. The van der Waals surface area contributed by atoms with Crippen molar-refractivity contribution in [2.45, 2.75) is 71.4 Å². The van der Waals surface area contributed by atoms with Crippen molar-refractivity contribution in [3.05, 3.63) is 0 Å². The molecule has 2 aliphatic rings. The Labute approximate surface area is 132 Å². The molecule has 0 aliphatic carbocycles. The van der Waals surface area contributed by atoms with Gasteiger partial charge in [-0.05, 0) is 64.7 Å². The number of nitrogens with one attached hydrogen (secondary N) is 1. The van der Waals surface area contributed by atoms with Crippen molar-refractivity contribution in [1.29, 1.82) is 0 Å². The number of nitrogens with zero attached hydrogens (tertiary/aromatic N) is 2. The average molecular weight is 296 g/mol. The molecule has 2 heterocycles. The SMILES string of the molecule is CC(C)CNCCCCCCN1CC2CCCN2CC1C. The van der Waals surface area contributed by atoms with Gasteiger partial charge in [0.2, 0.25) is 0 Å². The number of hydrogen-bond acceptors (Lipinski definition) is 3. The lowest BCUT2D eigenvalue weighted by atomic mass is 10.1. The first-order valence-electron chi connectivity index (χ1n) is 9.35. The van der Waals surface area contributed by atoms with Gasteiger partial charge in [0.15, 0.2) is 0 Å². The second-order valence-corrected chi connectivity index (χ2v) is 7.65. The topological polar surface area (TPSA) is 18.5 Å². The lowest BCUT2D eigenvalue weighted by molar-refractivity contribution is 0.0583. The fourth-order valence-corrected chi connectivity index (χ4v) is 3.87. The summed E-state index contributed by atoms with van der Waals surface area (Å²) in [7, 11) is 0. The number of hydrogen-bond donors (Lipinski definition) is 1. The molecule has 1 N–H and O–H groups in total. The molecule has 0 saturated carbocycles. The molecule has 2 fully saturated rings. The Morgan fingerprint density at radius 1 is 1.10 bits per heavy atom. The van der Waals surface area contributed by atoms with E-state index in [1.165, 1.54) is 77.8 Å². The van der Waals surface area contributed by atoms with Crippen LogP contribution in [0.3, 0.4) is 0 Å². The highest BCUT2D eigenvalue weighted by atomic mass is 15.3. The van der Waals surface area contributed by atoms with Crippen molar-refractivity contribution >= 4 is 0 Å². The highest BCUT2D eigenvalue weighted by molar-refractivity contribution is 4.90. The molecule has 2 aliphatic heterocycles. The summed E-state index contributed by atoms with van der Waals surface area (Å²) in [4.78, 5) is 5.48. The maximum atomic E-state index is 3.54. The summed E-state index contributed by atoms with van der Waals surface area (Å²) in [6.07, 6.45) is 8.39. The molecule has 2 unspecified atom stereocenters. The first-order chi connectivity index (χ1) is 10.2. The van der Waals surface area contributed by atoms with Gasteiger partial charge in [0, 0.05) is 25.2 Å². The predicted octanol–water partition coefficient (Wildman–Crippen LogP) is 2.96. The molecule has 2 saturated heterocycles. The first kappa shape index (κ1) is 17.2. The number of fused-ring (bicyclic) bond motifs is 1. The van der Waals surface area contributed by atoms with E-state index >= 15 is 0 Å². The number of rotatable bonds is 9. The lowest BCUT2D eigenvalue weighted by Crippen LogP contribution is -2.54. The van der Waals surface area contributed by atoms with Gasteiger partial charge in [-0.2, -0.15) is 0 Å². The van der Waals surface area contributed by atoms with Crippen LogP contribution in [0.15, 0.2) is 0 Å². The molecule has 0 aromatic carbocycles. The minimum Gasteiger partial charge on any atom is -0.316 e. The predicted molar refractivity (Wildman–Crippen MR) is 91.8 cm³/mol. The summed E-state index contributed by atoms with van der Waals surface area (Å²) in [6, 6.07) is 1.65. The summed E-state index contributed by atoms with van der Waals surface area (Å²) in [5.74, 6) is 0.778. The number of unbranched alkanes of at least 4 members (excludes halogenated alkanes) is 3. The van der Waals surface area contributed by atoms with Gasteiger partial charge < -0.3 is 5.32 Å². The molecule has 0 spiro atoms. The van der Waals surface area contributed by atoms with Gasteiger partial charge in [-0.25, -0.2) is 0 Å². The summed E-state index contributed by atoms with van der Waals surface area (Å²) in [5.41, 5.74) is 0. The Morgan fingerprint density at radius 2 is 1.90 bits per heavy atom. The summed E-state index contributed by atoms with van der Waals surface area (Å²) < 4.78 is 0. The molecule has 124 valence electrons. The standard InChI is InChI=1S/C18H37N3/c1-16(2)13-19-10-6-4-5-7-11-20-15-18-9-8-12-21(18)14-17(20)3/h16-19H,4-15H2,1-3H3. The Bertz CT molecular complexity index is 280. The van der Waals surface area contributed by atoms with Crippen LogP contribution < -0.4 is 5.32 Å². The first-order valence-corrected chi connectivity index (χ1v) is 9.35. The van der Waals surface area contributed by atoms with E-state index in [0.717, 1.165) is 18.0 Å². The minimum absolute atomic E-state index is 0.770. The van der Waals surface area contributed by atoms with Gasteiger partial charge in [0.05, 0.1) is 0 Å². The van der Waals surface area contributed by atoms with Crippen LogP contribution in [0.1, 0.15) is 59.3 Å². The smallest absolute Gasteiger partial charge is 0.0224 e. The average Bonchev–Trinajstić information content (AvgIpc) is 2.88. The van der Waals surface area contributed by atoms with Crippen molar-refractivity contribution in [1.82, 2.24) is 15.1 Å². The Hall–Kier alpha value is -0.120. The molecular weight excluding hydrogens is 258 g/mol. The summed E-state index contributed by atoms with van der Waals surface area (Å²) in [6.45, 7) is 14.7. The maximum absolute atomic E-state index is 3.54. The van der Waals surface area contributed by atoms with Gasteiger partial charge in [-0.3, -0.25) is 9.80 Å². The van der Waals surface area contributed by atoms with Gasteiger partial charge in [0.25, 0.3) is 0 Å². The Balaban J connectivity index is 1.48. The quantitative estimate of drug-likeness (QED) is 0.660. The molecule has 2 atom stereocenters. The molecule has 21 heavy (non-hydrogen) atoms. The molecular formula is C18H37N3. The molecule has 0 bridgehead atoms. The van der Waals surface area contributed by atoms with E-state index < -0.39 is 0 Å². The number of piperazine rings is 1. The highest BCUT2D eigenvalue weighted by Crippen LogP contribution is 2.24. The molecule has 2 rings (SSSR count). The van der Waals surface area contributed by atoms with Crippen LogP contribution in [0, 0.1) is 5.92 Å².